The molecule has 1 fully saturated rings. The number of hydrogen-bond donors (Lipinski definition) is 0. The predicted octanol–water partition coefficient (Wildman–Crippen LogP) is 3.41. The second kappa shape index (κ2) is 8.07. The molecule has 3 amide bonds. The number of nitrogens with zero attached hydrogens (tertiary/aromatic N) is 2. The van der Waals surface area contributed by atoms with Crippen molar-refractivity contribution in [2.24, 2.45) is 0 Å². The van der Waals surface area contributed by atoms with Gasteiger partial charge in [0.25, 0.3) is 17.7 Å². The lowest BCUT2D eigenvalue weighted by atomic mass is 10.0. The number of aryl methyl sites for hydroxylation is 1. The number of amides is 3. The minimum atomic E-state index is -0.363. The van der Waals surface area contributed by atoms with Crippen LogP contribution in [-0.2, 0) is 11.3 Å². The largest absolute Gasteiger partial charge is 0.464 e. The van der Waals surface area contributed by atoms with Crippen molar-refractivity contribution < 1.29 is 23.5 Å². The molecule has 0 aliphatic carbocycles. The molecule has 1 aromatic heterocycles. The minimum absolute atomic E-state index is 0.0653. The number of hydrogen-bond acceptors (Lipinski definition) is 5. The highest BCUT2D eigenvalue weighted by Crippen LogP contribution is 2.27. The van der Waals surface area contributed by atoms with Crippen molar-refractivity contribution in [3.63, 3.8) is 0 Å². The molecule has 158 valence electrons. The normalized spacial score (nSPS) is 18.4. The first-order valence-electron chi connectivity index (χ1n) is 10.3. The lowest BCUT2D eigenvalue weighted by Crippen LogP contribution is -2.36. The molecule has 0 saturated carbocycles. The number of carbonyl (C=O) groups excluding carboxylic acids is 3. The van der Waals surface area contributed by atoms with E-state index >= 15 is 0 Å². The molecule has 4 rings (SSSR count). The lowest BCUT2D eigenvalue weighted by Gasteiger charge is -2.26. The van der Waals surface area contributed by atoms with Gasteiger partial charge in [-0.1, -0.05) is 0 Å². The van der Waals surface area contributed by atoms with Crippen molar-refractivity contribution in [3.8, 4) is 0 Å². The van der Waals surface area contributed by atoms with Crippen LogP contribution in [0, 0.1) is 6.92 Å². The zero-order valence-electron chi connectivity index (χ0n) is 17.5. The molecule has 1 saturated heterocycles. The summed E-state index contributed by atoms with van der Waals surface area (Å²) in [6.07, 6.45) is 1.67. The Bertz CT molecular complexity index is 987. The van der Waals surface area contributed by atoms with Gasteiger partial charge in [0.05, 0.1) is 30.3 Å². The first-order chi connectivity index (χ1) is 14.3. The maximum absolute atomic E-state index is 13.2. The molecule has 2 aromatic rings. The van der Waals surface area contributed by atoms with Crippen LogP contribution in [-0.4, -0.2) is 52.8 Å². The van der Waals surface area contributed by atoms with Gasteiger partial charge in [0.15, 0.2) is 0 Å². The summed E-state index contributed by atoms with van der Waals surface area (Å²) in [4.78, 5) is 41.7. The van der Waals surface area contributed by atoms with E-state index in [0.29, 0.717) is 30.0 Å². The van der Waals surface area contributed by atoms with Gasteiger partial charge in [-0.05, 0) is 63.9 Å². The first kappa shape index (κ1) is 20.3. The van der Waals surface area contributed by atoms with Gasteiger partial charge in [0.1, 0.15) is 11.5 Å². The number of carbonyl (C=O) groups is 3. The van der Waals surface area contributed by atoms with Crippen LogP contribution in [0.25, 0.3) is 0 Å². The third-order valence-corrected chi connectivity index (χ3v) is 5.63. The smallest absolute Gasteiger partial charge is 0.261 e. The van der Waals surface area contributed by atoms with Crippen LogP contribution in [0.1, 0.15) is 69.3 Å². The number of ether oxygens (including phenoxy) is 1. The van der Waals surface area contributed by atoms with Gasteiger partial charge in [-0.25, -0.2) is 0 Å². The highest BCUT2D eigenvalue weighted by atomic mass is 16.5. The summed E-state index contributed by atoms with van der Waals surface area (Å²) in [6, 6.07) is 8.38. The first-order valence-corrected chi connectivity index (χ1v) is 10.3. The Balaban J connectivity index is 1.56. The molecule has 7 nitrogen and oxygen atoms in total. The maximum Gasteiger partial charge on any atom is 0.261 e. The topological polar surface area (TPSA) is 80.1 Å². The molecule has 1 unspecified atom stereocenters. The zero-order chi connectivity index (χ0) is 21.4. The summed E-state index contributed by atoms with van der Waals surface area (Å²) >= 11 is 0. The molecule has 0 spiro atoms. The molecule has 0 N–H and O–H groups in total. The van der Waals surface area contributed by atoms with Crippen molar-refractivity contribution in [3.05, 3.63) is 58.5 Å². The van der Waals surface area contributed by atoms with Gasteiger partial charge in [0, 0.05) is 18.2 Å². The van der Waals surface area contributed by atoms with E-state index in [4.69, 9.17) is 9.15 Å². The Kier molecular flexibility index (Phi) is 5.47. The summed E-state index contributed by atoms with van der Waals surface area (Å²) in [7, 11) is 0. The van der Waals surface area contributed by atoms with Gasteiger partial charge in [-0.15, -0.1) is 0 Å². The zero-order valence-corrected chi connectivity index (χ0v) is 17.5. The number of furan rings is 1. The number of fused-ring (bicyclic) bond motifs is 1. The highest BCUT2D eigenvalue weighted by Gasteiger charge is 2.38. The van der Waals surface area contributed by atoms with E-state index in [1.54, 1.807) is 17.0 Å². The average molecular weight is 410 g/mol. The molecule has 1 aromatic carbocycles. The predicted molar refractivity (Wildman–Crippen MR) is 109 cm³/mol. The van der Waals surface area contributed by atoms with E-state index in [9.17, 15) is 14.4 Å². The minimum Gasteiger partial charge on any atom is -0.464 e. The second-order valence-corrected chi connectivity index (χ2v) is 8.16. The van der Waals surface area contributed by atoms with Gasteiger partial charge >= 0.3 is 0 Å². The summed E-state index contributed by atoms with van der Waals surface area (Å²) in [6.45, 7) is 6.96. The molecule has 30 heavy (non-hydrogen) atoms. The van der Waals surface area contributed by atoms with Gasteiger partial charge < -0.3 is 14.1 Å². The Morgan fingerprint density at radius 3 is 2.57 bits per heavy atom. The van der Waals surface area contributed by atoms with Gasteiger partial charge in [0.2, 0.25) is 0 Å². The fourth-order valence-electron chi connectivity index (χ4n) is 3.97. The van der Waals surface area contributed by atoms with Crippen molar-refractivity contribution in [2.75, 3.05) is 13.2 Å². The third-order valence-electron chi connectivity index (χ3n) is 5.63. The lowest BCUT2D eigenvalue weighted by molar-refractivity contribution is 0.0475. The summed E-state index contributed by atoms with van der Waals surface area (Å²) in [5.74, 6) is 0.590. The monoisotopic (exact) mass is 410 g/mol. The summed E-state index contributed by atoms with van der Waals surface area (Å²) < 4.78 is 11.2. The van der Waals surface area contributed by atoms with Gasteiger partial charge in [-0.2, -0.15) is 0 Å². The second-order valence-electron chi connectivity index (χ2n) is 8.16. The molecule has 2 aliphatic heterocycles. The Hall–Kier alpha value is -2.93. The SMILES string of the molecule is Cc1ccc(CN(C(=O)c2ccc3c(c2)C(=O)N(CC2CCCO2)C3=O)C(C)C)o1. The average Bonchev–Trinajstić information content (AvgIpc) is 3.43. The highest BCUT2D eigenvalue weighted by molar-refractivity contribution is 6.22. The van der Waals surface area contributed by atoms with Crippen LogP contribution in [0.5, 0.6) is 0 Å². The van der Waals surface area contributed by atoms with Crippen LogP contribution in [0.3, 0.4) is 0 Å². The van der Waals surface area contributed by atoms with Crippen LogP contribution in [0.4, 0.5) is 0 Å². The molecule has 0 bridgehead atoms. The van der Waals surface area contributed by atoms with Crippen molar-refractivity contribution in [1.82, 2.24) is 9.80 Å². The third kappa shape index (κ3) is 3.77. The molecule has 0 radical (unpaired) electrons. The van der Waals surface area contributed by atoms with E-state index in [-0.39, 0.29) is 42.0 Å². The number of imide groups is 1. The molecule has 2 aliphatic rings. The molecule has 1 atom stereocenters. The molecular weight excluding hydrogens is 384 g/mol. The molecule has 7 heteroatoms. The Morgan fingerprint density at radius 1 is 1.17 bits per heavy atom. The van der Waals surface area contributed by atoms with Crippen LogP contribution >= 0.6 is 0 Å². The van der Waals surface area contributed by atoms with E-state index < -0.39 is 0 Å². The summed E-state index contributed by atoms with van der Waals surface area (Å²) in [5, 5.41) is 0. The Labute approximate surface area is 175 Å². The Morgan fingerprint density at radius 2 is 1.93 bits per heavy atom. The van der Waals surface area contributed by atoms with E-state index in [0.717, 1.165) is 18.6 Å². The van der Waals surface area contributed by atoms with Crippen LogP contribution in [0.15, 0.2) is 34.7 Å². The number of benzene rings is 1. The van der Waals surface area contributed by atoms with E-state index in [1.165, 1.54) is 11.0 Å². The fourth-order valence-corrected chi connectivity index (χ4v) is 3.97. The quantitative estimate of drug-likeness (QED) is 0.682. The van der Waals surface area contributed by atoms with E-state index in [1.807, 2.05) is 32.9 Å². The van der Waals surface area contributed by atoms with Gasteiger partial charge in [-0.3, -0.25) is 19.3 Å². The maximum atomic E-state index is 13.2. The summed E-state index contributed by atoms with van der Waals surface area (Å²) in [5.41, 5.74) is 1.000. The standard InChI is InChI=1S/C23H26N2O5/c1-14(2)24(13-18-8-6-15(3)30-18)21(26)16-7-9-19-20(11-16)23(28)25(22(19)27)12-17-5-4-10-29-17/h6-9,11,14,17H,4-5,10,12-13H2,1-3H3. The molecule has 3 heterocycles. The van der Waals surface area contributed by atoms with Crippen molar-refractivity contribution >= 4 is 17.7 Å². The van der Waals surface area contributed by atoms with Crippen LogP contribution in [0.2, 0.25) is 0 Å². The van der Waals surface area contributed by atoms with E-state index in [2.05, 4.69) is 0 Å². The molecular formula is C23H26N2O5. The van der Waals surface area contributed by atoms with Crippen molar-refractivity contribution in [2.45, 2.75) is 52.3 Å². The number of rotatable bonds is 6. The fraction of sp³-hybridized carbons (Fsp3) is 0.435. The van der Waals surface area contributed by atoms with Crippen molar-refractivity contribution in [1.29, 1.82) is 0 Å². The van der Waals surface area contributed by atoms with Crippen LogP contribution < -0.4 is 0 Å².